The minimum absolute atomic E-state index is 0.0297. The van der Waals surface area contributed by atoms with Crippen molar-refractivity contribution in [3.05, 3.63) is 29.8 Å². The van der Waals surface area contributed by atoms with Crippen LogP contribution in [0.15, 0.2) is 24.3 Å². The molecule has 1 aromatic rings. The summed E-state index contributed by atoms with van der Waals surface area (Å²) in [6.45, 7) is 1.46. The van der Waals surface area contributed by atoms with Gasteiger partial charge in [0, 0.05) is 6.92 Å². The number of benzene rings is 1. The van der Waals surface area contributed by atoms with Gasteiger partial charge < -0.3 is 14.6 Å². The molecule has 0 aliphatic rings. The minimum Gasteiger partial charge on any atom is -0.490 e. The van der Waals surface area contributed by atoms with Crippen LogP contribution in [0.3, 0.4) is 0 Å². The summed E-state index contributed by atoms with van der Waals surface area (Å²) in [6, 6.07) is 6.67. The van der Waals surface area contributed by atoms with Gasteiger partial charge in [0.1, 0.15) is 18.5 Å². The quantitative estimate of drug-likeness (QED) is 0.612. The standard InChI is InChI=1S/C13H15ClO5/c1-9(15)19-12(7-14)8-18-11-4-2-10(3-5-11)6-13(16)17/h2-5,12H,6-8H2,1H3,(H,16,17)/t12-/m0/s1. The SMILES string of the molecule is CC(=O)O[C@@H](CCl)COc1ccc(CC(=O)O)cc1. The monoisotopic (exact) mass is 286 g/mol. The van der Waals surface area contributed by atoms with Gasteiger partial charge in [-0.1, -0.05) is 12.1 Å². The van der Waals surface area contributed by atoms with Crippen molar-refractivity contribution < 1.29 is 24.2 Å². The predicted molar refractivity (Wildman–Crippen MR) is 69.6 cm³/mol. The first-order chi connectivity index (χ1) is 9.01. The molecule has 0 heterocycles. The molecule has 0 aromatic heterocycles. The Hall–Kier alpha value is -1.75. The van der Waals surface area contributed by atoms with E-state index in [2.05, 4.69) is 0 Å². The number of halogens is 1. The zero-order chi connectivity index (χ0) is 14.3. The van der Waals surface area contributed by atoms with Crippen LogP contribution in [0.5, 0.6) is 5.75 Å². The van der Waals surface area contributed by atoms with Crippen LogP contribution in [0.1, 0.15) is 12.5 Å². The van der Waals surface area contributed by atoms with Crippen molar-refractivity contribution in [3.63, 3.8) is 0 Å². The predicted octanol–water partition coefficient (Wildman–Crippen LogP) is 1.86. The summed E-state index contributed by atoms with van der Waals surface area (Å²) in [5.74, 6) is -0.579. The smallest absolute Gasteiger partial charge is 0.307 e. The molecule has 0 unspecified atom stereocenters. The second-order valence-corrected chi connectivity index (χ2v) is 4.22. The Kier molecular flexibility index (Phi) is 6.15. The lowest BCUT2D eigenvalue weighted by Crippen LogP contribution is -2.25. The molecule has 0 fully saturated rings. The molecule has 0 bridgehead atoms. The molecule has 0 spiro atoms. The number of carboxylic acids is 1. The van der Waals surface area contributed by atoms with Crippen LogP contribution >= 0.6 is 11.6 Å². The average molecular weight is 287 g/mol. The second kappa shape index (κ2) is 7.63. The van der Waals surface area contributed by atoms with Crippen molar-refractivity contribution in [2.45, 2.75) is 19.4 Å². The van der Waals surface area contributed by atoms with Crippen LogP contribution in [-0.2, 0) is 20.7 Å². The highest BCUT2D eigenvalue weighted by Gasteiger charge is 2.11. The molecule has 0 amide bonds. The summed E-state index contributed by atoms with van der Waals surface area (Å²) < 4.78 is 10.3. The molecule has 1 rings (SSSR count). The maximum Gasteiger partial charge on any atom is 0.307 e. The number of carbonyl (C=O) groups is 2. The van der Waals surface area contributed by atoms with E-state index in [4.69, 9.17) is 26.2 Å². The van der Waals surface area contributed by atoms with E-state index in [1.165, 1.54) is 6.92 Å². The normalized spacial score (nSPS) is 11.7. The van der Waals surface area contributed by atoms with Gasteiger partial charge in [-0.05, 0) is 17.7 Å². The summed E-state index contributed by atoms with van der Waals surface area (Å²) in [6.07, 6.45) is -0.532. The van der Waals surface area contributed by atoms with E-state index in [1.54, 1.807) is 24.3 Å². The van der Waals surface area contributed by atoms with E-state index in [-0.39, 0.29) is 18.9 Å². The summed E-state index contributed by atoms with van der Waals surface area (Å²) in [7, 11) is 0. The Morgan fingerprint density at radius 1 is 1.32 bits per heavy atom. The number of rotatable bonds is 7. The van der Waals surface area contributed by atoms with Crippen LogP contribution in [0.4, 0.5) is 0 Å². The van der Waals surface area contributed by atoms with E-state index in [9.17, 15) is 9.59 Å². The topological polar surface area (TPSA) is 72.8 Å². The Balaban J connectivity index is 2.48. The Bertz CT molecular complexity index is 429. The van der Waals surface area contributed by atoms with Gasteiger partial charge in [-0.3, -0.25) is 9.59 Å². The summed E-state index contributed by atoms with van der Waals surface area (Å²) >= 11 is 5.64. The average Bonchev–Trinajstić information content (AvgIpc) is 2.35. The Morgan fingerprint density at radius 3 is 2.42 bits per heavy atom. The van der Waals surface area contributed by atoms with Crippen molar-refractivity contribution in [3.8, 4) is 5.75 Å². The molecular formula is C13H15ClO5. The summed E-state index contributed by atoms with van der Waals surface area (Å²) in [5.41, 5.74) is 0.689. The molecule has 1 N–H and O–H groups in total. The molecule has 6 heteroatoms. The van der Waals surface area contributed by atoms with Gasteiger partial charge in [0.2, 0.25) is 0 Å². The minimum atomic E-state index is -0.884. The number of ether oxygens (including phenoxy) is 2. The molecular weight excluding hydrogens is 272 g/mol. The summed E-state index contributed by atoms with van der Waals surface area (Å²) in [4.78, 5) is 21.3. The third kappa shape index (κ3) is 6.10. The number of esters is 1. The highest BCUT2D eigenvalue weighted by atomic mass is 35.5. The van der Waals surface area contributed by atoms with E-state index in [0.29, 0.717) is 11.3 Å². The highest BCUT2D eigenvalue weighted by molar-refractivity contribution is 6.18. The van der Waals surface area contributed by atoms with Gasteiger partial charge in [0.15, 0.2) is 0 Å². The van der Waals surface area contributed by atoms with Crippen molar-refractivity contribution >= 4 is 23.5 Å². The number of hydrogen-bond donors (Lipinski definition) is 1. The lowest BCUT2D eigenvalue weighted by atomic mass is 10.1. The van der Waals surface area contributed by atoms with Gasteiger partial charge in [0.05, 0.1) is 12.3 Å². The van der Waals surface area contributed by atoms with Gasteiger partial charge in [-0.15, -0.1) is 11.6 Å². The van der Waals surface area contributed by atoms with Crippen LogP contribution in [0, 0.1) is 0 Å². The number of aliphatic carboxylic acids is 1. The molecule has 0 aliphatic heterocycles. The molecule has 1 aromatic carbocycles. The Morgan fingerprint density at radius 2 is 1.95 bits per heavy atom. The first-order valence-corrected chi connectivity index (χ1v) is 6.21. The molecule has 0 radical (unpaired) electrons. The number of carboxylic acid groups (broad SMARTS) is 1. The maximum atomic E-state index is 10.8. The summed E-state index contributed by atoms with van der Waals surface area (Å²) in [5, 5.41) is 8.63. The van der Waals surface area contributed by atoms with Gasteiger partial charge in [0.25, 0.3) is 0 Å². The van der Waals surface area contributed by atoms with Crippen molar-refractivity contribution in [1.82, 2.24) is 0 Å². The molecule has 19 heavy (non-hydrogen) atoms. The third-order valence-electron chi connectivity index (χ3n) is 2.22. The highest BCUT2D eigenvalue weighted by Crippen LogP contribution is 2.13. The van der Waals surface area contributed by atoms with Crippen LogP contribution in [-0.4, -0.2) is 35.6 Å². The third-order valence-corrected chi connectivity index (χ3v) is 2.56. The van der Waals surface area contributed by atoms with E-state index in [0.717, 1.165) is 0 Å². The number of alkyl halides is 1. The number of carbonyl (C=O) groups excluding carboxylic acids is 1. The second-order valence-electron chi connectivity index (χ2n) is 3.91. The molecule has 0 aliphatic carbocycles. The van der Waals surface area contributed by atoms with Crippen molar-refractivity contribution in [1.29, 1.82) is 0 Å². The molecule has 1 atom stereocenters. The van der Waals surface area contributed by atoms with E-state index < -0.39 is 18.0 Å². The van der Waals surface area contributed by atoms with Crippen molar-refractivity contribution in [2.75, 3.05) is 12.5 Å². The first kappa shape index (κ1) is 15.3. The lowest BCUT2D eigenvalue weighted by molar-refractivity contribution is -0.146. The zero-order valence-electron chi connectivity index (χ0n) is 10.5. The maximum absolute atomic E-state index is 10.8. The molecule has 104 valence electrons. The molecule has 0 saturated heterocycles. The largest absolute Gasteiger partial charge is 0.490 e. The lowest BCUT2D eigenvalue weighted by Gasteiger charge is -2.15. The molecule has 0 saturated carbocycles. The van der Waals surface area contributed by atoms with Crippen molar-refractivity contribution in [2.24, 2.45) is 0 Å². The number of hydrogen-bond acceptors (Lipinski definition) is 4. The van der Waals surface area contributed by atoms with Gasteiger partial charge >= 0.3 is 11.9 Å². The molecule has 5 nitrogen and oxygen atoms in total. The fourth-order valence-corrected chi connectivity index (χ4v) is 1.56. The van der Waals surface area contributed by atoms with Crippen LogP contribution in [0.25, 0.3) is 0 Å². The zero-order valence-corrected chi connectivity index (χ0v) is 11.2. The fourth-order valence-electron chi connectivity index (χ4n) is 1.41. The Labute approximate surface area is 116 Å². The van der Waals surface area contributed by atoms with E-state index in [1.807, 2.05) is 0 Å². The van der Waals surface area contributed by atoms with Gasteiger partial charge in [-0.25, -0.2) is 0 Å². The van der Waals surface area contributed by atoms with Gasteiger partial charge in [-0.2, -0.15) is 0 Å². The fraction of sp³-hybridized carbons (Fsp3) is 0.385. The van der Waals surface area contributed by atoms with Crippen LogP contribution < -0.4 is 4.74 Å². The first-order valence-electron chi connectivity index (χ1n) is 5.68. The van der Waals surface area contributed by atoms with Crippen LogP contribution in [0.2, 0.25) is 0 Å². The van der Waals surface area contributed by atoms with E-state index >= 15 is 0 Å².